The van der Waals surface area contributed by atoms with Crippen molar-refractivity contribution in [3.05, 3.63) is 42.2 Å². The summed E-state index contributed by atoms with van der Waals surface area (Å²) in [6, 6.07) is 3.88. The molecule has 1 rings (SSSR count). The Balaban J connectivity index is 3.06. The average molecular weight is 315 g/mol. The first kappa shape index (κ1) is 17.8. The Morgan fingerprint density at radius 2 is 1.90 bits per heavy atom. The van der Waals surface area contributed by atoms with Crippen LogP contribution >= 0.6 is 0 Å². The van der Waals surface area contributed by atoms with Crippen LogP contribution in [-0.4, -0.2) is 25.7 Å². The zero-order valence-electron chi connectivity index (χ0n) is 12.5. The van der Waals surface area contributed by atoms with Gasteiger partial charge in [-0.15, -0.1) is 0 Å². The third kappa shape index (κ3) is 4.62. The quantitative estimate of drug-likeness (QED) is 0.760. The predicted octanol–water partition coefficient (Wildman–Crippen LogP) is 2.46. The first-order chi connectivity index (χ1) is 9.69. The summed E-state index contributed by atoms with van der Waals surface area (Å²) in [5.74, 6) is -0.582. The molecule has 0 saturated heterocycles. The summed E-state index contributed by atoms with van der Waals surface area (Å²) in [5.41, 5.74) is 0.488. The molecule has 0 spiro atoms. The largest absolute Gasteiger partial charge is 0.387 e. The third-order valence-electron chi connectivity index (χ3n) is 3.52. The van der Waals surface area contributed by atoms with Gasteiger partial charge in [0.15, 0.2) is 0 Å². The number of aliphatic hydroxyl groups is 1. The Bertz CT molecular complexity index is 583. The lowest BCUT2D eigenvalue weighted by Crippen LogP contribution is -2.47. The van der Waals surface area contributed by atoms with Gasteiger partial charge in [-0.05, 0) is 37.1 Å². The molecule has 0 aromatic heterocycles. The maximum absolute atomic E-state index is 12.9. The number of aliphatic hydroxyl groups excluding tert-OH is 1. The van der Waals surface area contributed by atoms with Gasteiger partial charge in [-0.3, -0.25) is 0 Å². The molecule has 0 aliphatic carbocycles. The van der Waals surface area contributed by atoms with E-state index in [1.54, 1.807) is 6.92 Å². The van der Waals surface area contributed by atoms with E-state index in [0.29, 0.717) is 12.0 Å². The average Bonchev–Trinajstić information content (AvgIpc) is 2.43. The van der Waals surface area contributed by atoms with Gasteiger partial charge in [0.1, 0.15) is 5.82 Å². The second-order valence-corrected chi connectivity index (χ2v) is 6.99. The van der Waals surface area contributed by atoms with Gasteiger partial charge in [-0.1, -0.05) is 32.4 Å². The summed E-state index contributed by atoms with van der Waals surface area (Å²) in [6.45, 7) is 9.08. The lowest BCUT2D eigenvalue weighted by molar-refractivity contribution is 0.142. The fourth-order valence-corrected chi connectivity index (χ4v) is 3.26. The molecule has 0 aliphatic rings. The Kier molecular flexibility index (Phi) is 6.07. The molecule has 0 aliphatic heterocycles. The highest BCUT2D eigenvalue weighted by Gasteiger charge is 2.30. The van der Waals surface area contributed by atoms with Crippen molar-refractivity contribution >= 4 is 10.0 Å². The number of hydrogen-bond donors (Lipinski definition) is 2. The fourth-order valence-electron chi connectivity index (χ4n) is 1.91. The van der Waals surface area contributed by atoms with E-state index in [2.05, 4.69) is 11.3 Å². The van der Waals surface area contributed by atoms with E-state index in [4.69, 9.17) is 0 Å². The molecule has 3 atom stereocenters. The molecule has 118 valence electrons. The van der Waals surface area contributed by atoms with Crippen LogP contribution in [0.2, 0.25) is 0 Å². The minimum Gasteiger partial charge on any atom is -0.387 e. The lowest BCUT2D eigenvalue weighted by Gasteiger charge is -2.29. The van der Waals surface area contributed by atoms with Crippen molar-refractivity contribution in [2.24, 2.45) is 5.92 Å². The highest BCUT2D eigenvalue weighted by atomic mass is 32.2. The van der Waals surface area contributed by atoms with Gasteiger partial charge in [-0.25, -0.2) is 17.5 Å². The zero-order valence-corrected chi connectivity index (χ0v) is 13.3. The van der Waals surface area contributed by atoms with Crippen LogP contribution in [0.25, 0.3) is 0 Å². The first-order valence-corrected chi connectivity index (χ1v) is 8.28. The second-order valence-electron chi connectivity index (χ2n) is 5.28. The standard InChI is InChI=1S/C15H22FNO3S/c1-5-11(4)14(15(18)10(2)3)17-21(19,20)13-8-6-12(16)7-9-13/h6-9,11,14-15,17-18H,2,5H2,1,3-4H3/t11-,14-,15?/m0/s1. The molecule has 1 unspecified atom stereocenters. The lowest BCUT2D eigenvalue weighted by atomic mass is 9.92. The molecule has 0 heterocycles. The van der Waals surface area contributed by atoms with Crippen LogP contribution in [0.4, 0.5) is 4.39 Å². The van der Waals surface area contributed by atoms with Gasteiger partial charge < -0.3 is 5.11 Å². The number of nitrogens with one attached hydrogen (secondary N) is 1. The second kappa shape index (κ2) is 7.15. The molecule has 2 N–H and O–H groups in total. The van der Waals surface area contributed by atoms with Crippen molar-refractivity contribution in [2.75, 3.05) is 0 Å². The monoisotopic (exact) mass is 315 g/mol. The van der Waals surface area contributed by atoms with E-state index in [0.717, 1.165) is 12.1 Å². The summed E-state index contributed by atoms with van der Waals surface area (Å²) in [5, 5.41) is 10.2. The SMILES string of the molecule is C=C(C)C(O)[C@@H](NS(=O)(=O)c1ccc(F)cc1)[C@@H](C)CC. The van der Waals surface area contributed by atoms with E-state index in [9.17, 15) is 17.9 Å². The zero-order chi connectivity index (χ0) is 16.2. The van der Waals surface area contributed by atoms with E-state index >= 15 is 0 Å². The van der Waals surface area contributed by atoms with Crippen LogP contribution in [-0.2, 0) is 10.0 Å². The summed E-state index contributed by atoms with van der Waals surface area (Å²) in [7, 11) is -3.83. The molecule has 0 bridgehead atoms. The molecule has 0 fully saturated rings. The Morgan fingerprint density at radius 3 is 2.33 bits per heavy atom. The van der Waals surface area contributed by atoms with Gasteiger partial charge in [0.25, 0.3) is 0 Å². The van der Waals surface area contributed by atoms with Crippen molar-refractivity contribution in [3.63, 3.8) is 0 Å². The van der Waals surface area contributed by atoms with Crippen molar-refractivity contribution in [1.29, 1.82) is 0 Å². The minimum absolute atomic E-state index is 0.0360. The van der Waals surface area contributed by atoms with Crippen LogP contribution in [0.5, 0.6) is 0 Å². The van der Waals surface area contributed by atoms with E-state index in [-0.39, 0.29) is 10.8 Å². The molecule has 1 aromatic rings. The van der Waals surface area contributed by atoms with E-state index in [1.807, 2.05) is 13.8 Å². The van der Waals surface area contributed by atoms with Crippen LogP contribution in [0.1, 0.15) is 27.2 Å². The van der Waals surface area contributed by atoms with Crippen molar-refractivity contribution in [3.8, 4) is 0 Å². The molecule has 0 amide bonds. The Hall–Kier alpha value is -1.24. The highest BCUT2D eigenvalue weighted by molar-refractivity contribution is 7.89. The van der Waals surface area contributed by atoms with Crippen molar-refractivity contribution in [1.82, 2.24) is 4.72 Å². The van der Waals surface area contributed by atoms with Gasteiger partial charge >= 0.3 is 0 Å². The third-order valence-corrected chi connectivity index (χ3v) is 4.99. The minimum atomic E-state index is -3.83. The van der Waals surface area contributed by atoms with Crippen molar-refractivity contribution in [2.45, 2.75) is 44.2 Å². The topological polar surface area (TPSA) is 66.4 Å². The number of benzene rings is 1. The number of hydrogen-bond acceptors (Lipinski definition) is 3. The number of rotatable bonds is 7. The summed E-state index contributed by atoms with van der Waals surface area (Å²) in [6.07, 6.45) is -0.281. The molecule has 6 heteroatoms. The number of halogens is 1. The summed E-state index contributed by atoms with van der Waals surface area (Å²) in [4.78, 5) is -0.0360. The molecule has 21 heavy (non-hydrogen) atoms. The smallest absolute Gasteiger partial charge is 0.240 e. The fraction of sp³-hybridized carbons (Fsp3) is 0.467. The number of sulfonamides is 1. The van der Waals surface area contributed by atoms with Crippen LogP contribution in [0.15, 0.2) is 41.3 Å². The normalized spacial score (nSPS) is 16.2. The molecule has 0 saturated carbocycles. The van der Waals surface area contributed by atoms with Crippen LogP contribution in [0, 0.1) is 11.7 Å². The Labute approximate surface area is 125 Å². The van der Waals surface area contributed by atoms with E-state index in [1.165, 1.54) is 12.1 Å². The Morgan fingerprint density at radius 1 is 1.38 bits per heavy atom. The maximum Gasteiger partial charge on any atom is 0.240 e. The van der Waals surface area contributed by atoms with Crippen molar-refractivity contribution < 1.29 is 17.9 Å². The maximum atomic E-state index is 12.9. The van der Waals surface area contributed by atoms with Crippen LogP contribution in [0.3, 0.4) is 0 Å². The van der Waals surface area contributed by atoms with Gasteiger partial charge in [0.05, 0.1) is 17.0 Å². The highest BCUT2D eigenvalue weighted by Crippen LogP contribution is 2.19. The molecular weight excluding hydrogens is 293 g/mol. The summed E-state index contributed by atoms with van der Waals surface area (Å²) >= 11 is 0. The van der Waals surface area contributed by atoms with Gasteiger partial charge in [-0.2, -0.15) is 0 Å². The van der Waals surface area contributed by atoms with Crippen LogP contribution < -0.4 is 4.72 Å². The predicted molar refractivity (Wildman–Crippen MR) is 80.8 cm³/mol. The first-order valence-electron chi connectivity index (χ1n) is 6.80. The van der Waals surface area contributed by atoms with E-state index < -0.39 is 28.0 Å². The molecule has 0 radical (unpaired) electrons. The van der Waals surface area contributed by atoms with Gasteiger partial charge in [0.2, 0.25) is 10.0 Å². The molecular formula is C15H22FNO3S. The van der Waals surface area contributed by atoms with Gasteiger partial charge in [0, 0.05) is 0 Å². The summed E-state index contributed by atoms with van der Waals surface area (Å²) < 4.78 is 40.0. The molecule has 1 aromatic carbocycles. The molecule has 4 nitrogen and oxygen atoms in total.